The lowest BCUT2D eigenvalue weighted by molar-refractivity contribution is -0.186. The third-order valence-corrected chi connectivity index (χ3v) is 7.72. The Morgan fingerprint density at radius 3 is 1.71 bits per heavy atom. The molecule has 1 rings (SSSR count). The first-order chi connectivity index (χ1) is 25.7. The summed E-state index contributed by atoms with van der Waals surface area (Å²) in [5.41, 5.74) is -9.37. The zero-order chi connectivity index (χ0) is 43.0. The van der Waals surface area contributed by atoms with E-state index in [-0.39, 0.29) is 58.2 Å². The van der Waals surface area contributed by atoms with E-state index in [0.717, 1.165) is 13.8 Å². The van der Waals surface area contributed by atoms with Crippen molar-refractivity contribution >= 4 is 54.0 Å². The van der Waals surface area contributed by atoms with E-state index in [1.165, 1.54) is 0 Å². The van der Waals surface area contributed by atoms with Gasteiger partial charge in [-0.2, -0.15) is 0 Å². The lowest BCUT2D eigenvalue weighted by Crippen LogP contribution is -2.72. The van der Waals surface area contributed by atoms with E-state index in [9.17, 15) is 53.4 Å². The first-order valence-corrected chi connectivity index (χ1v) is 17.9. The minimum atomic E-state index is -3.09. The number of alkyl carbamates (subject to hydrolysis) is 3. The molecule has 4 amide bonds. The van der Waals surface area contributed by atoms with Crippen molar-refractivity contribution in [3.05, 3.63) is 0 Å². The Morgan fingerprint density at radius 2 is 1.29 bits per heavy atom. The van der Waals surface area contributed by atoms with E-state index in [2.05, 4.69) is 21.3 Å². The molecule has 1 fully saturated rings. The Hall–Kier alpha value is -5.37. The number of esters is 3. The Labute approximate surface area is 324 Å². The number of aliphatic carboxylic acids is 2. The summed E-state index contributed by atoms with van der Waals surface area (Å²) in [7, 11) is 0. The van der Waals surface area contributed by atoms with Crippen LogP contribution in [0.4, 0.5) is 14.4 Å². The maximum absolute atomic E-state index is 13.7. The van der Waals surface area contributed by atoms with Crippen molar-refractivity contribution in [1.29, 1.82) is 0 Å². The van der Waals surface area contributed by atoms with Crippen LogP contribution >= 0.6 is 0 Å². The maximum atomic E-state index is 13.7. The van der Waals surface area contributed by atoms with Gasteiger partial charge in [0.25, 0.3) is 5.91 Å². The Morgan fingerprint density at radius 1 is 0.804 bits per heavy atom. The molecule has 1 saturated heterocycles. The first-order valence-electron chi connectivity index (χ1n) is 17.9. The molecule has 6 N–H and O–H groups in total. The fourth-order valence-corrected chi connectivity index (χ4v) is 4.87. The molecule has 0 saturated carbocycles. The van der Waals surface area contributed by atoms with Gasteiger partial charge in [-0.3, -0.25) is 24.0 Å². The molecular weight excluding hydrogens is 748 g/mol. The topological polar surface area (TPSA) is 298 Å². The second-order valence-electron chi connectivity index (χ2n) is 15.5. The molecule has 0 bridgehead atoms. The third kappa shape index (κ3) is 17.4. The third-order valence-electron chi connectivity index (χ3n) is 7.72. The van der Waals surface area contributed by atoms with Gasteiger partial charge in [0.05, 0.1) is 6.42 Å². The first kappa shape index (κ1) is 48.6. The highest BCUT2D eigenvalue weighted by Crippen LogP contribution is 2.39. The van der Waals surface area contributed by atoms with E-state index in [0.29, 0.717) is 0 Å². The minimum Gasteiger partial charge on any atom is -0.481 e. The number of hydrogen-bond donors (Lipinski definition) is 6. The van der Waals surface area contributed by atoms with Crippen molar-refractivity contribution in [2.75, 3.05) is 39.5 Å². The van der Waals surface area contributed by atoms with E-state index in [1.54, 1.807) is 41.5 Å². The lowest BCUT2D eigenvalue weighted by atomic mass is 9.67. The number of carboxylic acid groups (broad SMARTS) is 2. The maximum Gasteiger partial charge on any atom is 0.408 e. The second kappa shape index (κ2) is 21.1. The van der Waals surface area contributed by atoms with Gasteiger partial charge in [-0.15, -0.1) is 0 Å². The van der Waals surface area contributed by atoms with Crippen LogP contribution in [0.15, 0.2) is 0 Å². The highest BCUT2D eigenvalue weighted by atomic mass is 16.6. The molecule has 21 nitrogen and oxygen atoms in total. The van der Waals surface area contributed by atoms with Gasteiger partial charge in [0.2, 0.25) is 0 Å². The number of carboxylic acids is 2. The van der Waals surface area contributed by atoms with Crippen molar-refractivity contribution in [1.82, 2.24) is 21.3 Å². The number of nitrogens with one attached hydrogen (secondary N) is 4. The number of cyclic esters (lactones) is 2. The molecule has 0 radical (unpaired) electrons. The standard InChI is InChI=1S/C35H56N4O17/c1-31(2,3)54-28(48)36-15-9-12-23(42)51-19-34(20-52-24(43)13-10-16-37-29(49)55-32(4,5)6)21-53-25(44)14-11-17-38-30(50)56-33(7,8)26(45)39-35(34,27(46)47)18-22(40)41/h9-21H2,1-8H3,(H,36,48)(H,37,49)(H,38,50)(H,39,45)(H,40,41)(H,46,47). The van der Waals surface area contributed by atoms with Crippen molar-refractivity contribution in [2.24, 2.45) is 5.41 Å². The molecule has 0 aromatic rings. The fourth-order valence-electron chi connectivity index (χ4n) is 4.87. The van der Waals surface area contributed by atoms with Gasteiger partial charge in [0.1, 0.15) is 36.4 Å². The van der Waals surface area contributed by atoms with Crippen LogP contribution < -0.4 is 21.3 Å². The van der Waals surface area contributed by atoms with Crippen molar-refractivity contribution in [2.45, 2.75) is 123 Å². The van der Waals surface area contributed by atoms with Gasteiger partial charge in [-0.1, -0.05) is 0 Å². The molecule has 1 atom stereocenters. The average Bonchev–Trinajstić information content (AvgIpc) is 3.04. The van der Waals surface area contributed by atoms with Crippen LogP contribution in [0.5, 0.6) is 0 Å². The smallest absolute Gasteiger partial charge is 0.408 e. The molecule has 1 unspecified atom stereocenters. The van der Waals surface area contributed by atoms with Crippen LogP contribution in [0.25, 0.3) is 0 Å². The molecule has 0 aliphatic carbocycles. The monoisotopic (exact) mass is 804 g/mol. The number of carbonyl (C=O) groups excluding carboxylic acids is 7. The summed E-state index contributed by atoms with van der Waals surface area (Å²) in [5.74, 6) is -8.14. The fraction of sp³-hybridized carbons (Fsp3) is 0.743. The van der Waals surface area contributed by atoms with Gasteiger partial charge in [0.15, 0.2) is 11.1 Å². The Balaban J connectivity index is 3.60. The number of hydrogen-bond acceptors (Lipinski definition) is 15. The van der Waals surface area contributed by atoms with E-state index in [4.69, 9.17) is 28.4 Å². The molecule has 318 valence electrons. The normalized spacial score (nSPS) is 18.9. The lowest BCUT2D eigenvalue weighted by Gasteiger charge is -2.46. The van der Waals surface area contributed by atoms with Crippen LogP contribution in [-0.2, 0) is 57.2 Å². The largest absolute Gasteiger partial charge is 0.481 e. The molecule has 1 aliphatic heterocycles. The predicted octanol–water partition coefficient (Wildman–Crippen LogP) is 1.93. The Kier molecular flexibility index (Phi) is 18.3. The van der Waals surface area contributed by atoms with Gasteiger partial charge in [-0.25, -0.2) is 19.2 Å². The summed E-state index contributed by atoms with van der Waals surface area (Å²) < 4.78 is 31.7. The van der Waals surface area contributed by atoms with Crippen molar-refractivity contribution in [3.8, 4) is 0 Å². The highest BCUT2D eigenvalue weighted by Gasteiger charge is 2.63. The van der Waals surface area contributed by atoms with Crippen LogP contribution in [0, 0.1) is 5.41 Å². The zero-order valence-corrected chi connectivity index (χ0v) is 33.2. The quantitative estimate of drug-likeness (QED) is 0.0783. The van der Waals surface area contributed by atoms with Crippen LogP contribution in [0.1, 0.15) is 100 Å². The van der Waals surface area contributed by atoms with Gasteiger partial charge < -0.3 is 59.9 Å². The summed E-state index contributed by atoms with van der Waals surface area (Å²) in [4.78, 5) is 115. The van der Waals surface area contributed by atoms with Gasteiger partial charge in [-0.05, 0) is 74.7 Å². The van der Waals surface area contributed by atoms with Gasteiger partial charge >= 0.3 is 48.1 Å². The molecule has 0 aromatic heterocycles. The number of amides is 4. The minimum absolute atomic E-state index is 0.00406. The van der Waals surface area contributed by atoms with Crippen molar-refractivity contribution < 1.29 is 81.8 Å². The number of carbonyl (C=O) groups is 9. The predicted molar refractivity (Wildman–Crippen MR) is 191 cm³/mol. The van der Waals surface area contributed by atoms with Crippen LogP contribution in [0.2, 0.25) is 0 Å². The number of ether oxygens (including phenoxy) is 6. The molecule has 56 heavy (non-hydrogen) atoms. The molecule has 21 heteroatoms. The zero-order valence-electron chi connectivity index (χ0n) is 33.2. The van der Waals surface area contributed by atoms with Crippen LogP contribution in [-0.4, -0.2) is 126 Å². The SMILES string of the molecule is CC(C)(C)OC(=O)NCCCC(=O)OCC1(COC(=O)CCCNC(=O)OC(C)(C)C)COC(=O)CCCNC(=O)OC(C)(C)C(=O)NC1(CC(=O)O)C(=O)O. The average molecular weight is 805 g/mol. The summed E-state index contributed by atoms with van der Waals surface area (Å²) in [6.45, 7) is 8.62. The molecular formula is C35H56N4O17. The van der Waals surface area contributed by atoms with E-state index >= 15 is 0 Å². The van der Waals surface area contributed by atoms with Crippen LogP contribution in [0.3, 0.4) is 0 Å². The number of rotatable bonds is 15. The molecule has 0 aromatic carbocycles. The summed E-state index contributed by atoms with van der Waals surface area (Å²) in [6, 6.07) is 0. The van der Waals surface area contributed by atoms with E-state index in [1.807, 2.05) is 0 Å². The summed E-state index contributed by atoms with van der Waals surface area (Å²) in [6.07, 6.45) is -5.21. The van der Waals surface area contributed by atoms with E-state index < -0.39 is 108 Å². The molecule has 1 heterocycles. The summed E-state index contributed by atoms with van der Waals surface area (Å²) in [5, 5.41) is 30.2. The Bertz CT molecular complexity index is 1400. The molecule has 0 spiro atoms. The second-order valence-corrected chi connectivity index (χ2v) is 15.5. The van der Waals surface area contributed by atoms with Gasteiger partial charge in [0, 0.05) is 38.9 Å². The summed E-state index contributed by atoms with van der Waals surface area (Å²) >= 11 is 0. The van der Waals surface area contributed by atoms with Crippen molar-refractivity contribution in [3.63, 3.8) is 0 Å². The molecule has 1 aliphatic rings. The highest BCUT2D eigenvalue weighted by molar-refractivity contribution is 5.95.